The summed E-state index contributed by atoms with van der Waals surface area (Å²) in [5, 5.41) is 7.35. The molecule has 148 valence electrons. The van der Waals surface area contributed by atoms with Crippen molar-refractivity contribution < 1.29 is 4.74 Å². The summed E-state index contributed by atoms with van der Waals surface area (Å²) in [7, 11) is 1.85. The predicted molar refractivity (Wildman–Crippen MR) is 113 cm³/mol. The van der Waals surface area contributed by atoms with E-state index in [0.29, 0.717) is 18.2 Å². The highest BCUT2D eigenvalue weighted by atomic mass is 35.5. The van der Waals surface area contributed by atoms with Crippen LogP contribution in [-0.4, -0.2) is 51.5 Å². The lowest BCUT2D eigenvalue weighted by Gasteiger charge is -2.39. The number of hydrogen-bond donors (Lipinski definition) is 2. The molecule has 2 fully saturated rings. The van der Waals surface area contributed by atoms with Crippen LogP contribution in [0.2, 0.25) is 0 Å². The van der Waals surface area contributed by atoms with Crippen LogP contribution in [0.15, 0.2) is 18.2 Å². The maximum absolute atomic E-state index is 5.67. The van der Waals surface area contributed by atoms with E-state index in [1.54, 1.807) is 11.1 Å². The molecule has 1 aromatic rings. The SMILES string of the molecule is CO[C@@H]1CCNC[C@@H]1NC1CCN(c2ccc3c(c2)CCC3)CC1.Cl.Cl. The lowest BCUT2D eigenvalue weighted by Crippen LogP contribution is -2.57. The van der Waals surface area contributed by atoms with E-state index in [4.69, 9.17) is 4.74 Å². The van der Waals surface area contributed by atoms with Gasteiger partial charge >= 0.3 is 0 Å². The normalized spacial score (nSPS) is 26.0. The lowest BCUT2D eigenvalue weighted by atomic mass is 9.98. The second-order valence-corrected chi connectivity index (χ2v) is 7.61. The van der Waals surface area contributed by atoms with Gasteiger partial charge < -0.3 is 20.3 Å². The number of anilines is 1. The first-order valence-corrected chi connectivity index (χ1v) is 9.70. The van der Waals surface area contributed by atoms with Crippen LogP contribution in [-0.2, 0) is 17.6 Å². The predicted octanol–water partition coefficient (Wildman–Crippen LogP) is 2.95. The third kappa shape index (κ3) is 4.85. The summed E-state index contributed by atoms with van der Waals surface area (Å²) in [5.41, 5.74) is 4.60. The number of rotatable bonds is 4. The Bertz CT molecular complexity index is 564. The highest BCUT2D eigenvalue weighted by molar-refractivity contribution is 5.85. The smallest absolute Gasteiger partial charge is 0.0748 e. The van der Waals surface area contributed by atoms with Crippen molar-refractivity contribution in [2.24, 2.45) is 0 Å². The van der Waals surface area contributed by atoms with E-state index in [9.17, 15) is 0 Å². The van der Waals surface area contributed by atoms with Crippen LogP contribution in [0.25, 0.3) is 0 Å². The van der Waals surface area contributed by atoms with Crippen LogP contribution in [0.1, 0.15) is 36.8 Å². The minimum absolute atomic E-state index is 0. The maximum Gasteiger partial charge on any atom is 0.0748 e. The van der Waals surface area contributed by atoms with Gasteiger partial charge in [-0.25, -0.2) is 0 Å². The molecule has 2 saturated heterocycles. The van der Waals surface area contributed by atoms with Gasteiger partial charge in [0.2, 0.25) is 0 Å². The Morgan fingerprint density at radius 1 is 1.08 bits per heavy atom. The Hall–Kier alpha value is -0.520. The standard InChI is InChI=1S/C20H31N3O.2ClH/c1-24-20-7-10-21-14-19(20)22-17-8-11-23(12-9-17)18-6-5-15-3-2-4-16(15)13-18;;/h5-6,13,17,19-22H,2-4,7-12,14H2,1H3;2*1H/t19-,20+;;/m0../s1. The molecule has 0 radical (unpaired) electrons. The monoisotopic (exact) mass is 401 g/mol. The molecule has 2 heterocycles. The van der Waals surface area contributed by atoms with Gasteiger partial charge in [-0.05, 0) is 68.3 Å². The van der Waals surface area contributed by atoms with Crippen LogP contribution >= 0.6 is 24.8 Å². The number of methoxy groups -OCH3 is 1. The van der Waals surface area contributed by atoms with Crippen molar-refractivity contribution in [2.75, 3.05) is 38.2 Å². The van der Waals surface area contributed by atoms with Gasteiger partial charge in [-0.2, -0.15) is 0 Å². The average Bonchev–Trinajstić information content (AvgIpc) is 3.10. The van der Waals surface area contributed by atoms with Gasteiger partial charge in [0, 0.05) is 44.5 Å². The highest BCUT2D eigenvalue weighted by Crippen LogP contribution is 2.28. The zero-order valence-electron chi connectivity index (χ0n) is 15.7. The zero-order chi connectivity index (χ0) is 16.4. The highest BCUT2D eigenvalue weighted by Gasteiger charge is 2.28. The number of piperidine rings is 2. The Morgan fingerprint density at radius 2 is 1.85 bits per heavy atom. The molecule has 3 aliphatic rings. The molecule has 0 saturated carbocycles. The molecule has 2 aliphatic heterocycles. The van der Waals surface area contributed by atoms with Crippen molar-refractivity contribution in [1.29, 1.82) is 0 Å². The number of nitrogens with one attached hydrogen (secondary N) is 2. The van der Waals surface area contributed by atoms with E-state index in [1.165, 1.54) is 37.8 Å². The summed E-state index contributed by atoms with van der Waals surface area (Å²) >= 11 is 0. The van der Waals surface area contributed by atoms with Crippen molar-refractivity contribution in [3.63, 3.8) is 0 Å². The first-order valence-electron chi connectivity index (χ1n) is 9.70. The Balaban J connectivity index is 0.00000121. The lowest BCUT2D eigenvalue weighted by molar-refractivity contribution is 0.0430. The summed E-state index contributed by atoms with van der Waals surface area (Å²) in [5.74, 6) is 0. The van der Waals surface area contributed by atoms with Crippen LogP contribution in [0.5, 0.6) is 0 Å². The number of halogens is 2. The molecule has 4 rings (SSSR count). The quantitative estimate of drug-likeness (QED) is 0.812. The molecule has 4 nitrogen and oxygen atoms in total. The summed E-state index contributed by atoms with van der Waals surface area (Å²) in [6, 6.07) is 8.23. The first-order chi connectivity index (χ1) is 11.8. The molecule has 0 aromatic heterocycles. The third-order valence-corrected chi connectivity index (χ3v) is 6.11. The van der Waals surface area contributed by atoms with Crippen molar-refractivity contribution >= 4 is 30.5 Å². The molecule has 0 unspecified atom stereocenters. The summed E-state index contributed by atoms with van der Waals surface area (Å²) < 4.78 is 5.67. The largest absolute Gasteiger partial charge is 0.380 e. The van der Waals surface area contributed by atoms with Gasteiger partial charge in [-0.15, -0.1) is 24.8 Å². The van der Waals surface area contributed by atoms with Gasteiger partial charge in [0.1, 0.15) is 0 Å². The molecular weight excluding hydrogens is 369 g/mol. The molecule has 0 amide bonds. The molecule has 0 spiro atoms. The van der Waals surface area contributed by atoms with Gasteiger partial charge in [0.25, 0.3) is 0 Å². The average molecular weight is 402 g/mol. The number of ether oxygens (including phenoxy) is 1. The Morgan fingerprint density at radius 3 is 2.62 bits per heavy atom. The van der Waals surface area contributed by atoms with Crippen LogP contribution in [0, 0.1) is 0 Å². The van der Waals surface area contributed by atoms with Crippen molar-refractivity contribution in [3.8, 4) is 0 Å². The van der Waals surface area contributed by atoms with Crippen molar-refractivity contribution in [3.05, 3.63) is 29.3 Å². The zero-order valence-corrected chi connectivity index (χ0v) is 17.3. The van der Waals surface area contributed by atoms with E-state index >= 15 is 0 Å². The topological polar surface area (TPSA) is 36.5 Å². The number of aryl methyl sites for hydroxylation is 2. The molecule has 2 atom stereocenters. The van der Waals surface area contributed by atoms with Gasteiger partial charge in [0.05, 0.1) is 6.10 Å². The molecule has 0 bridgehead atoms. The van der Waals surface area contributed by atoms with Crippen molar-refractivity contribution in [2.45, 2.75) is 56.7 Å². The minimum atomic E-state index is 0. The molecule has 1 aliphatic carbocycles. The number of nitrogens with zero attached hydrogens (tertiary/aromatic N) is 1. The van der Waals surface area contributed by atoms with E-state index in [-0.39, 0.29) is 24.8 Å². The molecular formula is C20H33Cl2N3O. The fourth-order valence-electron chi connectivity index (χ4n) is 4.64. The summed E-state index contributed by atoms with van der Waals surface area (Å²) in [6.45, 7) is 4.43. The fraction of sp³-hybridized carbons (Fsp3) is 0.700. The van der Waals surface area contributed by atoms with Gasteiger partial charge in [-0.1, -0.05) is 6.07 Å². The van der Waals surface area contributed by atoms with Crippen LogP contribution in [0.4, 0.5) is 5.69 Å². The fourth-order valence-corrected chi connectivity index (χ4v) is 4.64. The van der Waals surface area contributed by atoms with Gasteiger partial charge in [0.15, 0.2) is 0 Å². The van der Waals surface area contributed by atoms with E-state index in [0.717, 1.165) is 32.6 Å². The number of fused-ring (bicyclic) bond motifs is 1. The third-order valence-electron chi connectivity index (χ3n) is 6.11. The van der Waals surface area contributed by atoms with Crippen LogP contribution in [0.3, 0.4) is 0 Å². The van der Waals surface area contributed by atoms with Gasteiger partial charge in [-0.3, -0.25) is 0 Å². The second-order valence-electron chi connectivity index (χ2n) is 7.61. The summed E-state index contributed by atoms with van der Waals surface area (Å²) in [6.07, 6.45) is 7.81. The Labute approximate surface area is 170 Å². The van der Waals surface area contributed by atoms with Crippen molar-refractivity contribution in [1.82, 2.24) is 10.6 Å². The Kier molecular flexibility index (Phi) is 8.49. The molecule has 6 heteroatoms. The molecule has 1 aromatic carbocycles. The number of benzene rings is 1. The van der Waals surface area contributed by atoms with E-state index < -0.39 is 0 Å². The first kappa shape index (κ1) is 21.8. The second kappa shape index (κ2) is 10.1. The molecule has 2 N–H and O–H groups in total. The molecule has 26 heavy (non-hydrogen) atoms. The number of hydrogen-bond acceptors (Lipinski definition) is 4. The summed E-state index contributed by atoms with van der Waals surface area (Å²) in [4.78, 5) is 2.57. The maximum atomic E-state index is 5.67. The van der Waals surface area contributed by atoms with Crippen LogP contribution < -0.4 is 15.5 Å². The minimum Gasteiger partial charge on any atom is -0.380 e. The van der Waals surface area contributed by atoms with E-state index in [1.807, 2.05) is 7.11 Å². The van der Waals surface area contributed by atoms with E-state index in [2.05, 4.69) is 33.7 Å².